The molecule has 0 aliphatic heterocycles. The quantitative estimate of drug-likeness (QED) is 0.716. The van der Waals surface area contributed by atoms with Gasteiger partial charge in [0.15, 0.2) is 0 Å². The van der Waals surface area contributed by atoms with Gasteiger partial charge < -0.3 is 0 Å². The van der Waals surface area contributed by atoms with E-state index in [1.165, 1.54) is 0 Å². The maximum atomic E-state index is 8.87. The van der Waals surface area contributed by atoms with Crippen LogP contribution in [0.5, 0.6) is 0 Å². The molecule has 0 bridgehead atoms. The van der Waals surface area contributed by atoms with Gasteiger partial charge in [-0.25, -0.2) is 0 Å². The van der Waals surface area contributed by atoms with Crippen LogP contribution in [0.4, 0.5) is 0 Å². The molecule has 0 aliphatic carbocycles. The van der Waals surface area contributed by atoms with Crippen LogP contribution in [-0.2, 0) is 0 Å². The Morgan fingerprint density at radius 2 is 1.25 bits per heavy atom. The highest BCUT2D eigenvalue weighted by Crippen LogP contribution is 2.21. The highest BCUT2D eigenvalue weighted by molar-refractivity contribution is 5.67. The van der Waals surface area contributed by atoms with Gasteiger partial charge in [-0.05, 0) is 29.3 Å². The molecule has 0 radical (unpaired) electrons. The predicted octanol–water partition coefficient (Wildman–Crippen LogP) is 3.10. The Bertz CT molecular complexity index is 554. The van der Waals surface area contributed by atoms with Crippen LogP contribution in [0.3, 0.4) is 0 Å². The van der Waals surface area contributed by atoms with Gasteiger partial charge in [-0.2, -0.15) is 10.5 Å². The highest BCUT2D eigenvalue weighted by atomic mass is 14.3. The lowest BCUT2D eigenvalue weighted by molar-refractivity contribution is 1.44. The Morgan fingerprint density at radius 1 is 0.688 bits per heavy atom. The largest absolute Gasteiger partial charge is 0.192 e. The van der Waals surface area contributed by atoms with Crippen molar-refractivity contribution in [2.45, 2.75) is 0 Å². The second kappa shape index (κ2) is 4.29. The summed E-state index contributed by atoms with van der Waals surface area (Å²) in [4.78, 5) is 0. The minimum absolute atomic E-state index is 0.512. The molecule has 0 fully saturated rings. The van der Waals surface area contributed by atoms with Gasteiger partial charge in [-0.3, -0.25) is 0 Å². The van der Waals surface area contributed by atoms with Crippen LogP contribution in [0.25, 0.3) is 11.1 Å². The Kier molecular flexibility index (Phi) is 2.67. The topological polar surface area (TPSA) is 47.6 Å². The van der Waals surface area contributed by atoms with E-state index in [0.29, 0.717) is 11.1 Å². The van der Waals surface area contributed by atoms with Crippen LogP contribution in [-0.4, -0.2) is 0 Å². The summed E-state index contributed by atoms with van der Waals surface area (Å²) in [5.41, 5.74) is 2.93. The van der Waals surface area contributed by atoms with Crippen molar-refractivity contribution in [2.75, 3.05) is 0 Å². The van der Waals surface area contributed by atoms with Gasteiger partial charge in [0.1, 0.15) is 0 Å². The van der Waals surface area contributed by atoms with Crippen molar-refractivity contribution in [2.24, 2.45) is 0 Å². The average molecular weight is 204 g/mol. The lowest BCUT2D eigenvalue weighted by Crippen LogP contribution is -1.83. The maximum Gasteiger partial charge on any atom is 0.0992 e. The normalized spacial score (nSPS) is 9.12. The third-order valence-corrected chi connectivity index (χ3v) is 2.30. The summed E-state index contributed by atoms with van der Waals surface area (Å²) in [5, 5.41) is 17.7. The Morgan fingerprint density at radius 3 is 1.75 bits per heavy atom. The van der Waals surface area contributed by atoms with E-state index in [1.54, 1.807) is 18.2 Å². The van der Waals surface area contributed by atoms with Crippen molar-refractivity contribution in [3.8, 4) is 23.3 Å². The summed E-state index contributed by atoms with van der Waals surface area (Å²) in [5.74, 6) is 0. The van der Waals surface area contributed by atoms with Crippen molar-refractivity contribution in [1.82, 2.24) is 0 Å². The number of hydrogen-bond donors (Lipinski definition) is 0. The van der Waals surface area contributed by atoms with Crippen LogP contribution in [0, 0.1) is 22.7 Å². The zero-order valence-corrected chi connectivity index (χ0v) is 8.51. The fraction of sp³-hybridized carbons (Fsp3) is 0. The summed E-state index contributed by atoms with van der Waals surface area (Å²) in [7, 11) is 0. The molecule has 0 atom stereocenters. The molecule has 2 nitrogen and oxygen atoms in total. The van der Waals surface area contributed by atoms with Gasteiger partial charge in [0.2, 0.25) is 0 Å². The monoisotopic (exact) mass is 204 g/mol. The predicted molar refractivity (Wildman–Crippen MR) is 61.3 cm³/mol. The lowest BCUT2D eigenvalue weighted by Gasteiger charge is -2.02. The molecule has 2 rings (SSSR count). The van der Waals surface area contributed by atoms with Gasteiger partial charge >= 0.3 is 0 Å². The number of rotatable bonds is 1. The minimum atomic E-state index is 0.512. The van der Waals surface area contributed by atoms with E-state index >= 15 is 0 Å². The molecule has 16 heavy (non-hydrogen) atoms. The molecule has 0 spiro atoms. The van der Waals surface area contributed by atoms with E-state index in [2.05, 4.69) is 12.1 Å². The molecule has 0 aromatic heterocycles. The lowest BCUT2D eigenvalue weighted by atomic mass is 10.0. The third kappa shape index (κ3) is 1.92. The second-order valence-electron chi connectivity index (χ2n) is 3.39. The van der Waals surface area contributed by atoms with E-state index in [0.717, 1.165) is 11.1 Å². The summed E-state index contributed by atoms with van der Waals surface area (Å²) in [6, 6.07) is 19.0. The van der Waals surface area contributed by atoms with E-state index in [4.69, 9.17) is 10.5 Å². The molecule has 2 aromatic rings. The molecule has 0 saturated carbocycles. The molecular weight excluding hydrogens is 196 g/mol. The van der Waals surface area contributed by atoms with E-state index in [-0.39, 0.29) is 0 Å². The first-order valence-electron chi connectivity index (χ1n) is 4.84. The molecule has 0 saturated heterocycles. The van der Waals surface area contributed by atoms with Crippen LogP contribution in [0.15, 0.2) is 48.5 Å². The van der Waals surface area contributed by atoms with Crippen LogP contribution in [0.1, 0.15) is 11.1 Å². The van der Waals surface area contributed by atoms with E-state index in [9.17, 15) is 0 Å². The Hall–Kier alpha value is -2.58. The van der Waals surface area contributed by atoms with E-state index < -0.39 is 0 Å². The van der Waals surface area contributed by atoms with Crippen LogP contribution < -0.4 is 0 Å². The molecule has 0 heterocycles. The van der Waals surface area contributed by atoms with Crippen LogP contribution in [0.2, 0.25) is 0 Å². The van der Waals surface area contributed by atoms with Crippen molar-refractivity contribution < 1.29 is 0 Å². The molecule has 0 aliphatic rings. The van der Waals surface area contributed by atoms with Crippen molar-refractivity contribution in [3.63, 3.8) is 0 Å². The van der Waals surface area contributed by atoms with Crippen molar-refractivity contribution in [1.29, 1.82) is 10.5 Å². The fourth-order valence-corrected chi connectivity index (χ4v) is 1.55. The Balaban J connectivity index is 2.59. The molecule has 2 aromatic carbocycles. The zero-order valence-electron chi connectivity index (χ0n) is 8.51. The molecule has 0 unspecified atom stereocenters. The third-order valence-electron chi connectivity index (χ3n) is 2.30. The zero-order chi connectivity index (χ0) is 11.4. The van der Waals surface area contributed by atoms with Gasteiger partial charge in [0, 0.05) is 0 Å². The maximum absolute atomic E-state index is 8.87. The van der Waals surface area contributed by atoms with Crippen LogP contribution >= 0.6 is 0 Å². The smallest absolute Gasteiger partial charge is 0.0992 e. The molecular formula is C14H8N2. The van der Waals surface area contributed by atoms with Gasteiger partial charge in [0.05, 0.1) is 23.3 Å². The first-order chi connectivity index (χ1) is 7.83. The number of benzene rings is 2. The number of hydrogen-bond acceptors (Lipinski definition) is 2. The molecule has 0 amide bonds. The first-order valence-corrected chi connectivity index (χ1v) is 4.84. The summed E-state index contributed by atoms with van der Waals surface area (Å²) in [6.07, 6.45) is 0. The summed E-state index contributed by atoms with van der Waals surface area (Å²) < 4.78 is 0. The molecule has 74 valence electrons. The van der Waals surface area contributed by atoms with Gasteiger partial charge in [0.25, 0.3) is 0 Å². The first kappa shape index (κ1) is 9.96. The molecule has 0 N–H and O–H groups in total. The van der Waals surface area contributed by atoms with Gasteiger partial charge in [-0.15, -0.1) is 0 Å². The van der Waals surface area contributed by atoms with Crippen molar-refractivity contribution in [3.05, 3.63) is 59.7 Å². The summed E-state index contributed by atoms with van der Waals surface area (Å²) >= 11 is 0. The molecule has 2 heteroatoms. The SMILES string of the molecule is N#Cc1cc(C#N)cc(-c2ccccc2)c1. The Labute approximate surface area is 94.0 Å². The van der Waals surface area contributed by atoms with Gasteiger partial charge in [-0.1, -0.05) is 30.3 Å². The average Bonchev–Trinajstić information content (AvgIpc) is 2.39. The highest BCUT2D eigenvalue weighted by Gasteiger charge is 2.02. The number of nitrogens with zero attached hydrogens (tertiary/aromatic N) is 2. The fourth-order valence-electron chi connectivity index (χ4n) is 1.55. The van der Waals surface area contributed by atoms with E-state index in [1.807, 2.05) is 30.3 Å². The number of nitriles is 2. The van der Waals surface area contributed by atoms with Crippen molar-refractivity contribution >= 4 is 0 Å². The standard InChI is InChI=1S/C14H8N2/c15-9-11-6-12(10-16)8-14(7-11)13-4-2-1-3-5-13/h1-8H. The second-order valence-corrected chi connectivity index (χ2v) is 3.39. The summed E-state index contributed by atoms with van der Waals surface area (Å²) in [6.45, 7) is 0. The minimum Gasteiger partial charge on any atom is -0.192 e.